The highest BCUT2D eigenvalue weighted by Gasteiger charge is 2.22. The van der Waals surface area contributed by atoms with Crippen LogP contribution in [0.15, 0.2) is 40.0 Å². The van der Waals surface area contributed by atoms with E-state index in [9.17, 15) is 4.79 Å². The molecule has 1 N–H and O–H groups in total. The second-order valence-corrected chi connectivity index (χ2v) is 7.36. The number of nitrogens with zero attached hydrogens (tertiary/aromatic N) is 3. The molecular formula is C19H24N4O2S. The Morgan fingerprint density at radius 1 is 1.35 bits per heavy atom. The number of hydrogen-bond donors (Lipinski definition) is 1. The maximum Gasteiger partial charge on any atom is 0.248 e. The molecule has 1 atom stereocenters. The summed E-state index contributed by atoms with van der Waals surface area (Å²) in [5.41, 5.74) is 1.87. The highest BCUT2D eigenvalue weighted by Crippen LogP contribution is 2.29. The molecule has 6 nitrogen and oxygen atoms in total. The third-order valence-electron chi connectivity index (χ3n) is 4.19. The van der Waals surface area contributed by atoms with Gasteiger partial charge in [0.25, 0.3) is 0 Å². The summed E-state index contributed by atoms with van der Waals surface area (Å²) < 4.78 is 7.03. The Morgan fingerprint density at radius 3 is 2.88 bits per heavy atom. The molecule has 2 heterocycles. The van der Waals surface area contributed by atoms with Crippen molar-refractivity contribution in [3.8, 4) is 0 Å². The van der Waals surface area contributed by atoms with Gasteiger partial charge in [0.1, 0.15) is 11.8 Å². The fraction of sp³-hybridized carbons (Fsp3) is 0.421. The van der Waals surface area contributed by atoms with Gasteiger partial charge < -0.3 is 14.4 Å². The quantitative estimate of drug-likeness (QED) is 0.453. The Balaban J connectivity index is 1.84. The topological polar surface area (TPSA) is 73.0 Å². The van der Waals surface area contributed by atoms with Crippen LogP contribution in [0.25, 0.3) is 11.0 Å². The van der Waals surface area contributed by atoms with Crippen molar-refractivity contribution in [3.63, 3.8) is 0 Å². The third-order valence-corrected chi connectivity index (χ3v) is 5.23. The number of carbonyl (C=O) groups excluding carboxylic acids is 1. The average Bonchev–Trinajstić information content (AvgIpc) is 3.21. The number of nitrogens with one attached hydrogen (secondary N) is 1. The third kappa shape index (κ3) is 4.09. The molecule has 0 aliphatic rings. The molecule has 0 aliphatic heterocycles. The summed E-state index contributed by atoms with van der Waals surface area (Å²) in [4.78, 5) is 17.5. The second-order valence-electron chi connectivity index (χ2n) is 6.30. The van der Waals surface area contributed by atoms with Crippen molar-refractivity contribution >= 4 is 34.5 Å². The lowest BCUT2D eigenvalue weighted by Crippen LogP contribution is -2.24. The van der Waals surface area contributed by atoms with E-state index in [0.29, 0.717) is 11.6 Å². The Labute approximate surface area is 157 Å². The van der Waals surface area contributed by atoms with Crippen molar-refractivity contribution in [2.75, 3.05) is 11.1 Å². The lowest BCUT2D eigenvalue weighted by Gasteiger charge is -2.16. The van der Waals surface area contributed by atoms with E-state index >= 15 is 0 Å². The largest absolute Gasteiger partial charge is 0.360 e. The van der Waals surface area contributed by atoms with Gasteiger partial charge in [0, 0.05) is 11.8 Å². The number of aromatic nitrogens is 3. The highest BCUT2D eigenvalue weighted by molar-refractivity contribution is 7.99. The second kappa shape index (κ2) is 8.40. The first-order chi connectivity index (χ1) is 12.6. The maximum absolute atomic E-state index is 12.7. The number of aryl methyl sites for hydroxylation is 1. The van der Waals surface area contributed by atoms with Crippen LogP contribution in [0.4, 0.5) is 5.82 Å². The summed E-state index contributed by atoms with van der Waals surface area (Å²) >= 11 is 1.71. The van der Waals surface area contributed by atoms with Gasteiger partial charge >= 0.3 is 0 Å². The highest BCUT2D eigenvalue weighted by atomic mass is 32.2. The summed E-state index contributed by atoms with van der Waals surface area (Å²) in [6, 6.07) is 9.21. The average molecular weight is 372 g/mol. The maximum atomic E-state index is 12.7. The molecule has 26 heavy (non-hydrogen) atoms. The van der Waals surface area contributed by atoms with Gasteiger partial charge in [-0.2, -0.15) is 0 Å². The van der Waals surface area contributed by atoms with Gasteiger partial charge in [-0.15, -0.1) is 0 Å². The Kier molecular flexibility index (Phi) is 5.98. The van der Waals surface area contributed by atoms with Gasteiger partial charge in [0.05, 0.1) is 11.0 Å². The number of anilines is 1. The van der Waals surface area contributed by atoms with E-state index in [1.807, 2.05) is 35.8 Å². The molecule has 0 fully saturated rings. The van der Waals surface area contributed by atoms with Crippen LogP contribution >= 0.6 is 11.8 Å². The summed E-state index contributed by atoms with van der Waals surface area (Å²) in [6.07, 6.45) is 3.53. The minimum absolute atomic E-state index is 0.142. The molecule has 0 bridgehead atoms. The summed E-state index contributed by atoms with van der Waals surface area (Å²) in [5.74, 6) is 1.94. The van der Waals surface area contributed by atoms with Crippen molar-refractivity contribution in [3.05, 3.63) is 36.1 Å². The number of rotatable bonds is 8. The van der Waals surface area contributed by atoms with Gasteiger partial charge in [-0.25, -0.2) is 4.98 Å². The predicted octanol–water partition coefficient (Wildman–Crippen LogP) is 4.81. The van der Waals surface area contributed by atoms with Crippen LogP contribution in [0.3, 0.4) is 0 Å². The molecule has 3 rings (SSSR count). The van der Waals surface area contributed by atoms with Gasteiger partial charge in [0.2, 0.25) is 5.91 Å². The number of unbranched alkanes of at least 4 members (excludes halogenated alkanes) is 2. The molecule has 1 amide bonds. The molecule has 0 saturated heterocycles. The SMILES string of the molecule is CCCCCSc1nc2ccccc2n1C(C)C(=O)Nc1cc(C)on1. The molecule has 1 aromatic carbocycles. The fourth-order valence-corrected chi connectivity index (χ4v) is 3.88. The van der Waals surface area contributed by atoms with Crippen LogP contribution in [0, 0.1) is 6.92 Å². The Bertz CT molecular complexity index is 887. The smallest absolute Gasteiger partial charge is 0.248 e. The fourth-order valence-electron chi connectivity index (χ4n) is 2.79. The first-order valence-corrected chi connectivity index (χ1v) is 9.92. The van der Waals surface area contributed by atoms with Crippen LogP contribution in [-0.2, 0) is 4.79 Å². The molecule has 1 unspecified atom stereocenters. The Morgan fingerprint density at radius 2 is 2.15 bits per heavy atom. The molecule has 0 spiro atoms. The lowest BCUT2D eigenvalue weighted by molar-refractivity contribution is -0.118. The van der Waals surface area contributed by atoms with E-state index in [1.165, 1.54) is 12.8 Å². The van der Waals surface area contributed by atoms with E-state index in [0.717, 1.165) is 28.4 Å². The summed E-state index contributed by atoms with van der Waals surface area (Å²) in [7, 11) is 0. The zero-order valence-corrected chi connectivity index (χ0v) is 16.2. The Hall–Kier alpha value is -2.28. The number of carbonyl (C=O) groups is 1. The summed E-state index contributed by atoms with van der Waals surface area (Å²) in [6.45, 7) is 5.87. The summed E-state index contributed by atoms with van der Waals surface area (Å²) in [5, 5.41) is 7.53. The van der Waals surface area contributed by atoms with Crippen LogP contribution in [-0.4, -0.2) is 26.4 Å². The van der Waals surface area contributed by atoms with Gasteiger partial charge in [-0.3, -0.25) is 4.79 Å². The predicted molar refractivity (Wildman–Crippen MR) is 105 cm³/mol. The standard InChI is InChI=1S/C19H24N4O2S/c1-4-5-8-11-26-19-20-15-9-6-7-10-16(15)23(19)14(3)18(24)21-17-12-13(2)25-22-17/h6-7,9-10,12,14H,4-5,8,11H2,1-3H3,(H,21,22,24). The minimum atomic E-state index is -0.409. The first kappa shape index (κ1) is 18.5. The van der Waals surface area contributed by atoms with Crippen LogP contribution in [0.2, 0.25) is 0 Å². The number of para-hydroxylation sites is 2. The van der Waals surface area contributed by atoms with Gasteiger partial charge in [-0.05, 0) is 32.4 Å². The van der Waals surface area contributed by atoms with E-state index in [2.05, 4.69) is 17.4 Å². The zero-order valence-electron chi connectivity index (χ0n) is 15.4. The van der Waals surface area contributed by atoms with Crippen molar-refractivity contribution in [1.82, 2.24) is 14.7 Å². The molecule has 138 valence electrons. The monoisotopic (exact) mass is 372 g/mol. The number of imidazole rings is 1. The van der Waals surface area contributed by atoms with Crippen molar-refractivity contribution in [2.24, 2.45) is 0 Å². The normalized spacial score (nSPS) is 12.4. The number of thioether (sulfide) groups is 1. The molecular weight excluding hydrogens is 348 g/mol. The van der Waals surface area contributed by atoms with Crippen molar-refractivity contribution in [2.45, 2.75) is 51.2 Å². The van der Waals surface area contributed by atoms with Gasteiger partial charge in [-0.1, -0.05) is 48.8 Å². The molecule has 0 aliphatic carbocycles. The number of fused-ring (bicyclic) bond motifs is 1. The van der Waals surface area contributed by atoms with Gasteiger partial charge in [0.15, 0.2) is 11.0 Å². The number of hydrogen-bond acceptors (Lipinski definition) is 5. The van der Waals surface area contributed by atoms with Crippen molar-refractivity contribution < 1.29 is 9.32 Å². The zero-order chi connectivity index (χ0) is 18.5. The van der Waals surface area contributed by atoms with E-state index in [4.69, 9.17) is 9.51 Å². The van der Waals surface area contributed by atoms with E-state index in [1.54, 1.807) is 24.8 Å². The van der Waals surface area contributed by atoms with Crippen LogP contribution in [0.1, 0.15) is 44.9 Å². The molecule has 7 heteroatoms. The van der Waals surface area contributed by atoms with Crippen molar-refractivity contribution in [1.29, 1.82) is 0 Å². The minimum Gasteiger partial charge on any atom is -0.360 e. The molecule has 0 saturated carbocycles. The lowest BCUT2D eigenvalue weighted by atomic mass is 10.2. The van der Waals surface area contributed by atoms with E-state index < -0.39 is 6.04 Å². The first-order valence-electron chi connectivity index (χ1n) is 8.94. The van der Waals surface area contributed by atoms with E-state index in [-0.39, 0.29) is 5.91 Å². The molecule has 0 radical (unpaired) electrons. The van der Waals surface area contributed by atoms with Crippen LogP contribution < -0.4 is 5.32 Å². The molecule has 3 aromatic rings. The molecule has 2 aromatic heterocycles. The number of amides is 1. The van der Waals surface area contributed by atoms with Crippen LogP contribution in [0.5, 0.6) is 0 Å². The number of benzene rings is 1.